The highest BCUT2D eigenvalue weighted by atomic mass is 16.1. The van der Waals surface area contributed by atoms with Gasteiger partial charge < -0.3 is 16.0 Å². The monoisotopic (exact) mass is 279 g/mol. The average molecular weight is 279 g/mol. The largest absolute Gasteiger partial charge is 0.356 e. The van der Waals surface area contributed by atoms with Gasteiger partial charge in [-0.25, -0.2) is 0 Å². The highest BCUT2D eigenvalue weighted by molar-refractivity contribution is 5.79. The molecule has 3 fully saturated rings. The van der Waals surface area contributed by atoms with Gasteiger partial charge in [-0.05, 0) is 64.0 Å². The number of carbonyl (C=O) groups is 1. The highest BCUT2D eigenvalue weighted by Gasteiger charge is 2.39. The minimum atomic E-state index is 0.183. The molecule has 0 aromatic rings. The maximum atomic E-state index is 12.3. The molecular formula is C16H29N3O. The first-order chi connectivity index (χ1) is 9.69. The Kier molecular flexibility index (Phi) is 4.32. The first kappa shape index (κ1) is 14.3. The van der Waals surface area contributed by atoms with Crippen LogP contribution >= 0.6 is 0 Å². The molecule has 3 N–H and O–H groups in total. The summed E-state index contributed by atoms with van der Waals surface area (Å²) in [6.07, 6.45) is 8.56. The fraction of sp³-hybridized carbons (Fsp3) is 0.938. The number of rotatable bonds is 4. The number of nitrogens with zero attached hydrogens (tertiary/aromatic N) is 1. The summed E-state index contributed by atoms with van der Waals surface area (Å²) in [6.45, 7) is 1.55. The van der Waals surface area contributed by atoms with Gasteiger partial charge in [-0.15, -0.1) is 0 Å². The summed E-state index contributed by atoms with van der Waals surface area (Å²) in [6, 6.07) is 1.53. The second-order valence-electron chi connectivity index (χ2n) is 7.17. The summed E-state index contributed by atoms with van der Waals surface area (Å²) in [7, 11) is 2.27. The van der Waals surface area contributed by atoms with Crippen LogP contribution in [0, 0.1) is 17.8 Å². The predicted molar refractivity (Wildman–Crippen MR) is 80.2 cm³/mol. The zero-order chi connectivity index (χ0) is 14.1. The first-order valence-electron chi connectivity index (χ1n) is 8.38. The third kappa shape index (κ3) is 2.73. The summed E-state index contributed by atoms with van der Waals surface area (Å²) < 4.78 is 0. The third-order valence-electron chi connectivity index (χ3n) is 6.06. The Balaban J connectivity index is 1.47. The Labute approximate surface area is 122 Å². The van der Waals surface area contributed by atoms with E-state index in [0.29, 0.717) is 18.4 Å². The Hall–Kier alpha value is -0.610. The van der Waals surface area contributed by atoms with Crippen molar-refractivity contribution in [2.75, 3.05) is 20.1 Å². The number of piperidine rings is 1. The Morgan fingerprint density at radius 2 is 1.90 bits per heavy atom. The maximum absolute atomic E-state index is 12.3. The van der Waals surface area contributed by atoms with Crippen molar-refractivity contribution in [1.82, 2.24) is 10.2 Å². The van der Waals surface area contributed by atoms with Gasteiger partial charge in [-0.2, -0.15) is 0 Å². The second-order valence-corrected chi connectivity index (χ2v) is 7.17. The van der Waals surface area contributed by atoms with Crippen LogP contribution in [-0.2, 0) is 4.79 Å². The van der Waals surface area contributed by atoms with E-state index in [4.69, 9.17) is 5.73 Å². The van der Waals surface area contributed by atoms with Crippen LogP contribution in [0.3, 0.4) is 0 Å². The van der Waals surface area contributed by atoms with E-state index in [-0.39, 0.29) is 11.8 Å². The van der Waals surface area contributed by atoms with Crippen molar-refractivity contribution in [2.24, 2.45) is 23.5 Å². The standard InChI is InChI=1S/C16H29N3O/c1-19-13-5-6-14(19)8-11(7-13)10-18-16(20)15-4-2-3-12(15)9-17/h11-15H,2-10,17H2,1H3,(H,18,20). The molecule has 3 aliphatic rings. The Bertz CT molecular complexity index is 346. The van der Waals surface area contributed by atoms with Gasteiger partial charge in [0.1, 0.15) is 0 Å². The number of nitrogens with two attached hydrogens (primary N) is 1. The van der Waals surface area contributed by atoms with Crippen molar-refractivity contribution in [3.05, 3.63) is 0 Å². The number of carbonyl (C=O) groups excluding carboxylic acids is 1. The van der Waals surface area contributed by atoms with E-state index < -0.39 is 0 Å². The Morgan fingerprint density at radius 3 is 2.55 bits per heavy atom. The molecule has 4 nitrogen and oxygen atoms in total. The lowest BCUT2D eigenvalue weighted by molar-refractivity contribution is -0.126. The summed E-state index contributed by atoms with van der Waals surface area (Å²) >= 11 is 0. The van der Waals surface area contributed by atoms with Crippen molar-refractivity contribution in [3.63, 3.8) is 0 Å². The number of hydrogen-bond donors (Lipinski definition) is 2. The smallest absolute Gasteiger partial charge is 0.223 e. The van der Waals surface area contributed by atoms with E-state index >= 15 is 0 Å². The quantitative estimate of drug-likeness (QED) is 0.817. The molecule has 4 heteroatoms. The lowest BCUT2D eigenvalue weighted by Gasteiger charge is -2.36. The van der Waals surface area contributed by atoms with Crippen LogP contribution in [-0.4, -0.2) is 43.0 Å². The van der Waals surface area contributed by atoms with E-state index in [9.17, 15) is 4.79 Å². The highest BCUT2D eigenvalue weighted by Crippen LogP contribution is 2.37. The predicted octanol–water partition coefficient (Wildman–Crippen LogP) is 1.35. The molecule has 4 atom stereocenters. The topological polar surface area (TPSA) is 58.4 Å². The molecule has 0 spiro atoms. The van der Waals surface area contributed by atoms with Crippen LogP contribution in [0.1, 0.15) is 44.9 Å². The van der Waals surface area contributed by atoms with Crippen LogP contribution in [0.4, 0.5) is 0 Å². The number of fused-ring (bicyclic) bond motifs is 2. The molecule has 3 rings (SSSR count). The lowest BCUT2D eigenvalue weighted by atomic mass is 9.90. The minimum absolute atomic E-state index is 0.183. The zero-order valence-electron chi connectivity index (χ0n) is 12.7. The van der Waals surface area contributed by atoms with Crippen LogP contribution in [0.15, 0.2) is 0 Å². The Morgan fingerprint density at radius 1 is 1.20 bits per heavy atom. The molecule has 20 heavy (non-hydrogen) atoms. The minimum Gasteiger partial charge on any atom is -0.356 e. The van der Waals surface area contributed by atoms with Crippen molar-refractivity contribution < 1.29 is 4.79 Å². The van der Waals surface area contributed by atoms with Crippen molar-refractivity contribution in [3.8, 4) is 0 Å². The molecule has 1 amide bonds. The van der Waals surface area contributed by atoms with Gasteiger partial charge in [-0.3, -0.25) is 4.79 Å². The fourth-order valence-electron chi connectivity index (χ4n) is 4.73. The van der Waals surface area contributed by atoms with Crippen LogP contribution in [0.2, 0.25) is 0 Å². The number of amides is 1. The van der Waals surface area contributed by atoms with Gasteiger partial charge in [0.05, 0.1) is 0 Å². The molecule has 4 unspecified atom stereocenters. The number of nitrogens with one attached hydrogen (secondary N) is 1. The molecule has 0 radical (unpaired) electrons. The summed E-state index contributed by atoms with van der Waals surface area (Å²) in [4.78, 5) is 14.9. The zero-order valence-corrected chi connectivity index (χ0v) is 12.7. The van der Waals surface area contributed by atoms with Gasteiger partial charge in [0.2, 0.25) is 5.91 Å². The molecule has 2 aliphatic heterocycles. The van der Waals surface area contributed by atoms with E-state index in [1.807, 2.05) is 0 Å². The van der Waals surface area contributed by atoms with Crippen molar-refractivity contribution >= 4 is 5.91 Å². The number of hydrogen-bond acceptors (Lipinski definition) is 3. The van der Waals surface area contributed by atoms with Gasteiger partial charge in [0, 0.05) is 24.5 Å². The molecule has 2 heterocycles. The third-order valence-corrected chi connectivity index (χ3v) is 6.06. The normalized spacial score (nSPS) is 41.0. The van der Waals surface area contributed by atoms with E-state index in [2.05, 4.69) is 17.3 Å². The van der Waals surface area contributed by atoms with Gasteiger partial charge in [0.15, 0.2) is 0 Å². The maximum Gasteiger partial charge on any atom is 0.223 e. The molecule has 0 aromatic heterocycles. The van der Waals surface area contributed by atoms with Crippen LogP contribution in [0.5, 0.6) is 0 Å². The molecule has 1 saturated carbocycles. The van der Waals surface area contributed by atoms with Crippen molar-refractivity contribution in [1.29, 1.82) is 0 Å². The summed E-state index contributed by atoms with van der Waals surface area (Å²) in [5.74, 6) is 1.56. The molecule has 2 bridgehead atoms. The molecule has 2 saturated heterocycles. The summed E-state index contributed by atoms with van der Waals surface area (Å²) in [5, 5.41) is 3.23. The second kappa shape index (κ2) is 6.02. The van der Waals surface area contributed by atoms with Gasteiger partial charge in [0.25, 0.3) is 0 Å². The molecule has 1 aliphatic carbocycles. The summed E-state index contributed by atoms with van der Waals surface area (Å²) in [5.41, 5.74) is 5.78. The van der Waals surface area contributed by atoms with Crippen LogP contribution in [0.25, 0.3) is 0 Å². The van der Waals surface area contributed by atoms with E-state index in [0.717, 1.165) is 31.5 Å². The molecular weight excluding hydrogens is 250 g/mol. The first-order valence-corrected chi connectivity index (χ1v) is 8.38. The van der Waals surface area contributed by atoms with E-state index in [1.165, 1.54) is 32.1 Å². The van der Waals surface area contributed by atoms with Crippen molar-refractivity contribution in [2.45, 2.75) is 57.0 Å². The lowest BCUT2D eigenvalue weighted by Crippen LogP contribution is -2.44. The van der Waals surface area contributed by atoms with E-state index in [1.54, 1.807) is 0 Å². The fourth-order valence-corrected chi connectivity index (χ4v) is 4.73. The van der Waals surface area contributed by atoms with Crippen LogP contribution < -0.4 is 11.1 Å². The van der Waals surface area contributed by atoms with Gasteiger partial charge >= 0.3 is 0 Å². The molecule has 0 aromatic carbocycles. The average Bonchev–Trinajstić information content (AvgIpc) is 2.98. The SMILES string of the molecule is CN1C2CCC1CC(CNC(=O)C1CCCC1CN)C2. The van der Waals surface area contributed by atoms with Gasteiger partial charge in [-0.1, -0.05) is 6.42 Å². The molecule has 114 valence electrons.